The maximum atomic E-state index is 5.79. The van der Waals surface area contributed by atoms with Crippen LogP contribution in [0.25, 0.3) is 0 Å². The Bertz CT molecular complexity index is 677. The summed E-state index contributed by atoms with van der Waals surface area (Å²) < 4.78 is 4.73. The first-order valence-corrected chi connectivity index (χ1v) is 9.47. The molecule has 0 saturated carbocycles. The van der Waals surface area contributed by atoms with Gasteiger partial charge in [-0.15, -0.1) is 0 Å². The first-order valence-electron chi connectivity index (χ1n) is 8.76. The molecule has 2 N–H and O–H groups in total. The highest BCUT2D eigenvalue weighted by Gasteiger charge is 2.33. The van der Waals surface area contributed by atoms with Crippen molar-refractivity contribution in [1.29, 1.82) is 0 Å². The average Bonchev–Trinajstić information content (AvgIpc) is 3.23. The molecule has 1 fully saturated rings. The Morgan fingerprint density at radius 1 is 1.33 bits per heavy atom. The fourth-order valence-electron chi connectivity index (χ4n) is 3.34. The van der Waals surface area contributed by atoms with Crippen LogP contribution in [0, 0.1) is 5.92 Å². The van der Waals surface area contributed by atoms with Gasteiger partial charge in [0.1, 0.15) is 24.0 Å². The number of nitrogens with two attached hydrogens (primary N) is 1. The van der Waals surface area contributed by atoms with Crippen molar-refractivity contribution in [3.8, 4) is 0 Å². The van der Waals surface area contributed by atoms with E-state index in [4.69, 9.17) is 5.73 Å². The van der Waals surface area contributed by atoms with Crippen LogP contribution in [0.4, 0.5) is 11.4 Å². The van der Waals surface area contributed by atoms with Crippen LogP contribution in [-0.4, -0.2) is 27.9 Å². The average molecular weight is 341 g/mol. The number of imidazole rings is 1. The topological polar surface area (TPSA) is 38.1 Å². The Hall–Kier alpha value is -1.75. The molecule has 2 heterocycles. The smallest absolute Gasteiger partial charge is 0.244 e. The summed E-state index contributed by atoms with van der Waals surface area (Å²) in [7, 11) is 3.67. The van der Waals surface area contributed by atoms with E-state index in [-0.39, 0.29) is 5.54 Å². The fraction of sp³-hybridized carbons (Fsp3) is 0.526. The van der Waals surface area contributed by atoms with Gasteiger partial charge in [-0.2, -0.15) is 0 Å². The van der Waals surface area contributed by atoms with Gasteiger partial charge in [-0.3, -0.25) is 0 Å². The molecule has 3 radical (unpaired) electrons. The van der Waals surface area contributed by atoms with Gasteiger partial charge in [0.05, 0.1) is 6.54 Å². The number of rotatable bonds is 5. The summed E-state index contributed by atoms with van der Waals surface area (Å²) in [6.45, 7) is 9.03. The Balaban J connectivity index is 1.72. The number of anilines is 2. The SMILES string of the molecule is CC(C[Si])C(C)(C)n1cc[n+](C2CCN(c3ccc(N)cc3)C2)c1. The zero-order valence-corrected chi connectivity index (χ0v) is 15.9. The summed E-state index contributed by atoms with van der Waals surface area (Å²) in [5.74, 6) is 0.560. The molecule has 0 bridgehead atoms. The van der Waals surface area contributed by atoms with Crippen molar-refractivity contribution in [3.63, 3.8) is 0 Å². The lowest BCUT2D eigenvalue weighted by molar-refractivity contribution is -0.718. The Labute approximate surface area is 148 Å². The summed E-state index contributed by atoms with van der Waals surface area (Å²) in [6, 6.07) is 9.73. The minimum absolute atomic E-state index is 0.0995. The second-order valence-electron chi connectivity index (χ2n) is 7.51. The number of nitrogens with zero attached hydrogens (tertiary/aromatic N) is 3. The van der Waals surface area contributed by atoms with Crippen LogP contribution in [0.2, 0.25) is 6.04 Å². The quantitative estimate of drug-likeness (QED) is 0.516. The van der Waals surface area contributed by atoms with Crippen LogP contribution in [0.1, 0.15) is 33.2 Å². The molecule has 24 heavy (non-hydrogen) atoms. The van der Waals surface area contributed by atoms with Crippen molar-refractivity contribution in [2.45, 2.75) is 44.8 Å². The minimum atomic E-state index is 0.0995. The molecule has 0 aliphatic carbocycles. The molecular formula is C19H28N4Si+. The molecule has 1 saturated heterocycles. The lowest BCUT2D eigenvalue weighted by Gasteiger charge is -2.27. The molecule has 2 aromatic rings. The number of benzene rings is 1. The molecule has 4 nitrogen and oxygen atoms in total. The third-order valence-electron chi connectivity index (χ3n) is 5.68. The van der Waals surface area contributed by atoms with Gasteiger partial charge >= 0.3 is 0 Å². The molecule has 2 atom stereocenters. The largest absolute Gasteiger partial charge is 0.399 e. The van der Waals surface area contributed by atoms with E-state index >= 15 is 0 Å². The first-order chi connectivity index (χ1) is 11.4. The van der Waals surface area contributed by atoms with Gasteiger partial charge in [-0.25, -0.2) is 9.13 Å². The molecule has 2 unspecified atom stereocenters. The summed E-state index contributed by atoms with van der Waals surface area (Å²) in [5.41, 5.74) is 7.98. The third kappa shape index (κ3) is 3.22. The third-order valence-corrected chi connectivity index (χ3v) is 6.29. The van der Waals surface area contributed by atoms with E-state index < -0.39 is 0 Å². The van der Waals surface area contributed by atoms with Gasteiger partial charge in [0.2, 0.25) is 6.33 Å². The lowest BCUT2D eigenvalue weighted by Crippen LogP contribution is -2.41. The molecule has 127 valence electrons. The summed E-state index contributed by atoms with van der Waals surface area (Å²) >= 11 is 0. The number of hydrogen-bond acceptors (Lipinski definition) is 2. The standard InChI is InChI=1S/C19H28N4Si/c1-15(13-24)19(2,3)23-11-10-22(14-23)18-8-9-21(12-18)17-6-4-16(20)5-7-17/h4-7,10-11,14-15,18H,8-9,12-13,20H2,1-3H3/q+1. The predicted octanol–water partition coefficient (Wildman–Crippen LogP) is 2.77. The van der Waals surface area contributed by atoms with E-state index in [2.05, 4.69) is 75.9 Å². The van der Waals surface area contributed by atoms with E-state index in [1.165, 1.54) is 12.1 Å². The van der Waals surface area contributed by atoms with Crippen molar-refractivity contribution in [3.05, 3.63) is 43.0 Å². The van der Waals surface area contributed by atoms with Crippen molar-refractivity contribution >= 4 is 21.6 Å². The predicted molar refractivity (Wildman–Crippen MR) is 100 cm³/mol. The van der Waals surface area contributed by atoms with Crippen molar-refractivity contribution in [2.24, 2.45) is 5.92 Å². The molecule has 1 aliphatic heterocycles. The number of hydrogen-bond donors (Lipinski definition) is 1. The maximum absolute atomic E-state index is 5.79. The minimum Gasteiger partial charge on any atom is -0.399 e. The monoisotopic (exact) mass is 340 g/mol. The zero-order chi connectivity index (χ0) is 17.3. The highest BCUT2D eigenvalue weighted by atomic mass is 28.1. The van der Waals surface area contributed by atoms with Gasteiger partial charge in [0.25, 0.3) is 0 Å². The van der Waals surface area contributed by atoms with Crippen molar-refractivity contribution in [1.82, 2.24) is 4.57 Å². The highest BCUT2D eigenvalue weighted by Crippen LogP contribution is 2.28. The molecule has 1 aromatic carbocycles. The second kappa shape index (κ2) is 6.63. The first kappa shape index (κ1) is 17.1. The summed E-state index contributed by atoms with van der Waals surface area (Å²) in [4.78, 5) is 2.44. The van der Waals surface area contributed by atoms with Gasteiger partial charge in [0, 0.05) is 34.6 Å². The van der Waals surface area contributed by atoms with E-state index in [0.717, 1.165) is 24.8 Å². The Morgan fingerprint density at radius 2 is 2.04 bits per heavy atom. The Kier molecular flexibility index (Phi) is 4.72. The van der Waals surface area contributed by atoms with E-state index in [9.17, 15) is 0 Å². The molecular weight excluding hydrogens is 312 g/mol. The molecule has 5 heteroatoms. The van der Waals surface area contributed by atoms with Crippen LogP contribution >= 0.6 is 0 Å². The van der Waals surface area contributed by atoms with Crippen LogP contribution < -0.4 is 15.2 Å². The van der Waals surface area contributed by atoms with E-state index in [0.29, 0.717) is 12.0 Å². The van der Waals surface area contributed by atoms with Gasteiger partial charge in [0.15, 0.2) is 0 Å². The van der Waals surface area contributed by atoms with Crippen molar-refractivity contribution < 1.29 is 4.57 Å². The molecule has 1 aliphatic rings. The lowest BCUT2D eigenvalue weighted by atomic mass is 9.90. The van der Waals surface area contributed by atoms with Gasteiger partial charge in [-0.1, -0.05) is 13.0 Å². The van der Waals surface area contributed by atoms with Crippen molar-refractivity contribution in [2.75, 3.05) is 23.7 Å². The van der Waals surface area contributed by atoms with E-state index in [1.807, 2.05) is 12.1 Å². The fourth-order valence-corrected chi connectivity index (χ4v) is 3.83. The van der Waals surface area contributed by atoms with Crippen LogP contribution in [0.15, 0.2) is 43.0 Å². The maximum Gasteiger partial charge on any atom is 0.244 e. The summed E-state index contributed by atoms with van der Waals surface area (Å²) in [5, 5.41) is 0. The number of aromatic nitrogens is 2. The second-order valence-corrected chi connectivity index (χ2v) is 7.92. The normalized spacial score (nSPS) is 19.7. The molecule has 0 spiro atoms. The molecule has 0 amide bonds. The molecule has 3 rings (SSSR count). The van der Waals surface area contributed by atoms with Gasteiger partial charge < -0.3 is 10.6 Å². The molecule has 1 aromatic heterocycles. The highest BCUT2D eigenvalue weighted by molar-refractivity contribution is 6.08. The van der Waals surface area contributed by atoms with E-state index in [1.54, 1.807) is 0 Å². The number of nitrogen functional groups attached to an aromatic ring is 1. The summed E-state index contributed by atoms with van der Waals surface area (Å²) in [6.07, 6.45) is 7.88. The Morgan fingerprint density at radius 3 is 2.71 bits per heavy atom. The van der Waals surface area contributed by atoms with Crippen LogP contribution in [0.5, 0.6) is 0 Å². The zero-order valence-electron chi connectivity index (χ0n) is 14.9. The van der Waals surface area contributed by atoms with Crippen LogP contribution in [-0.2, 0) is 5.54 Å². The van der Waals surface area contributed by atoms with Crippen LogP contribution in [0.3, 0.4) is 0 Å². The van der Waals surface area contributed by atoms with Gasteiger partial charge in [-0.05, 0) is 44.0 Å².